The van der Waals surface area contributed by atoms with E-state index in [4.69, 9.17) is 4.74 Å². The second-order valence-electron chi connectivity index (χ2n) is 8.13. The number of aryl methyl sites for hydroxylation is 1. The molecule has 1 aromatic carbocycles. The summed E-state index contributed by atoms with van der Waals surface area (Å²) in [5, 5.41) is 5.45. The molecule has 4 rings (SSSR count). The molecule has 0 aliphatic heterocycles. The lowest BCUT2D eigenvalue weighted by Crippen LogP contribution is -2.27. The molecular weight excluding hydrogens is 448 g/mol. The Hall–Kier alpha value is -3.24. The van der Waals surface area contributed by atoms with Gasteiger partial charge in [0.15, 0.2) is 10.8 Å². The van der Waals surface area contributed by atoms with E-state index < -0.39 is 21.7 Å². The van der Waals surface area contributed by atoms with Crippen LogP contribution in [0.2, 0.25) is 0 Å². The Morgan fingerprint density at radius 2 is 1.88 bits per heavy atom. The number of carbonyl (C=O) groups is 1. The molecule has 166 valence electrons. The maximum absolute atomic E-state index is 13.3. The Morgan fingerprint density at radius 3 is 2.56 bits per heavy atom. The first kappa shape index (κ1) is 22.0. The maximum Gasteiger partial charge on any atom is 0.413 e. The number of carbonyl (C=O) groups excluding carboxylic acids is 1. The van der Waals surface area contributed by atoms with Crippen molar-refractivity contribution in [2.45, 2.75) is 38.2 Å². The highest BCUT2D eigenvalue weighted by Crippen LogP contribution is 2.33. The van der Waals surface area contributed by atoms with E-state index in [1.54, 1.807) is 81.7 Å². The van der Waals surface area contributed by atoms with Gasteiger partial charge in [-0.2, -0.15) is 0 Å². The van der Waals surface area contributed by atoms with Gasteiger partial charge in [0.2, 0.25) is 0 Å². The molecule has 0 aliphatic carbocycles. The number of nitrogens with zero attached hydrogens (tertiary/aromatic N) is 3. The van der Waals surface area contributed by atoms with Crippen LogP contribution in [0.15, 0.2) is 58.9 Å². The summed E-state index contributed by atoms with van der Waals surface area (Å²) in [6, 6.07) is 11.8. The van der Waals surface area contributed by atoms with Crippen molar-refractivity contribution >= 4 is 43.6 Å². The molecule has 4 aromatic rings. The lowest BCUT2D eigenvalue weighted by atomic mass is 10.1. The number of ether oxygens (including phenoxy) is 1. The molecule has 10 heteroatoms. The Balaban J connectivity index is 1.73. The minimum absolute atomic E-state index is 0.185. The van der Waals surface area contributed by atoms with E-state index in [0.717, 1.165) is 0 Å². The molecule has 0 fully saturated rings. The van der Waals surface area contributed by atoms with E-state index in [0.29, 0.717) is 33.1 Å². The summed E-state index contributed by atoms with van der Waals surface area (Å²) >= 11 is 1.25. The quantitative estimate of drug-likeness (QED) is 0.448. The Bertz CT molecular complexity index is 1400. The fourth-order valence-electron chi connectivity index (χ4n) is 3.27. The van der Waals surface area contributed by atoms with Gasteiger partial charge in [0, 0.05) is 28.2 Å². The fraction of sp³-hybridized carbons (Fsp3) is 0.227. The van der Waals surface area contributed by atoms with Gasteiger partial charge >= 0.3 is 6.09 Å². The molecule has 0 atom stereocenters. The number of anilines is 1. The molecule has 0 spiro atoms. The molecule has 32 heavy (non-hydrogen) atoms. The van der Waals surface area contributed by atoms with E-state index in [9.17, 15) is 13.2 Å². The van der Waals surface area contributed by atoms with E-state index in [1.165, 1.54) is 15.3 Å². The van der Waals surface area contributed by atoms with Crippen molar-refractivity contribution in [1.29, 1.82) is 0 Å². The van der Waals surface area contributed by atoms with Gasteiger partial charge < -0.3 is 4.74 Å². The highest BCUT2D eigenvalue weighted by atomic mass is 32.2. The van der Waals surface area contributed by atoms with Crippen LogP contribution in [0.3, 0.4) is 0 Å². The number of rotatable bonds is 4. The van der Waals surface area contributed by atoms with Crippen molar-refractivity contribution in [2.75, 3.05) is 5.32 Å². The molecule has 3 heterocycles. The largest absolute Gasteiger partial charge is 0.444 e. The summed E-state index contributed by atoms with van der Waals surface area (Å²) in [6.45, 7) is 7.07. The number of benzene rings is 1. The van der Waals surface area contributed by atoms with Gasteiger partial charge in [0.1, 0.15) is 5.60 Å². The lowest BCUT2D eigenvalue weighted by molar-refractivity contribution is 0.0636. The average molecular weight is 471 g/mol. The Kier molecular flexibility index (Phi) is 5.51. The second-order valence-corrected chi connectivity index (χ2v) is 10.8. The molecule has 1 N–H and O–H groups in total. The van der Waals surface area contributed by atoms with E-state index in [-0.39, 0.29) is 4.90 Å². The van der Waals surface area contributed by atoms with Gasteiger partial charge in [-0.25, -0.2) is 27.2 Å². The monoisotopic (exact) mass is 470 g/mol. The van der Waals surface area contributed by atoms with Crippen LogP contribution in [-0.2, 0) is 14.8 Å². The molecule has 1 amide bonds. The summed E-state index contributed by atoms with van der Waals surface area (Å²) in [4.78, 5) is 21.0. The molecule has 0 saturated heterocycles. The van der Waals surface area contributed by atoms with Crippen molar-refractivity contribution in [3.63, 3.8) is 0 Å². The summed E-state index contributed by atoms with van der Waals surface area (Å²) < 4.78 is 33.0. The molecule has 0 unspecified atom stereocenters. The third-order valence-corrected chi connectivity index (χ3v) is 7.07. The maximum atomic E-state index is 13.3. The number of hydrogen-bond acceptors (Lipinski definition) is 7. The average Bonchev–Trinajstić information content (AvgIpc) is 3.30. The first-order valence-corrected chi connectivity index (χ1v) is 12.1. The number of nitrogens with one attached hydrogen (secondary N) is 1. The SMILES string of the molecule is Cc1cc2c(-c3csc(NC(=O)OC(C)(C)C)n3)ccnc2n1S(=O)(=O)c1ccccc1. The lowest BCUT2D eigenvalue weighted by Gasteiger charge is -2.18. The first-order chi connectivity index (χ1) is 15.1. The molecule has 3 aromatic heterocycles. The topological polar surface area (TPSA) is 103 Å². The van der Waals surface area contributed by atoms with E-state index >= 15 is 0 Å². The third kappa shape index (κ3) is 4.23. The highest BCUT2D eigenvalue weighted by Gasteiger charge is 2.24. The van der Waals surface area contributed by atoms with Crippen molar-refractivity contribution in [2.24, 2.45) is 0 Å². The molecule has 0 aliphatic rings. The van der Waals surface area contributed by atoms with Crippen LogP contribution in [0.25, 0.3) is 22.3 Å². The van der Waals surface area contributed by atoms with E-state index in [2.05, 4.69) is 15.3 Å². The Labute approximate surface area is 190 Å². The summed E-state index contributed by atoms with van der Waals surface area (Å²) in [7, 11) is -3.82. The summed E-state index contributed by atoms with van der Waals surface area (Å²) in [5.41, 5.74) is 1.55. The van der Waals surface area contributed by atoms with Gasteiger partial charge in [-0.1, -0.05) is 18.2 Å². The fourth-order valence-corrected chi connectivity index (χ4v) is 5.48. The number of aromatic nitrogens is 3. The molecule has 0 radical (unpaired) electrons. The van der Waals surface area contributed by atoms with Crippen LogP contribution < -0.4 is 5.32 Å². The highest BCUT2D eigenvalue weighted by molar-refractivity contribution is 7.90. The van der Waals surface area contributed by atoms with Crippen LogP contribution in [0, 0.1) is 6.92 Å². The predicted molar refractivity (Wildman–Crippen MR) is 124 cm³/mol. The van der Waals surface area contributed by atoms with Gasteiger partial charge in [-0.15, -0.1) is 11.3 Å². The second kappa shape index (κ2) is 8.03. The zero-order valence-corrected chi connectivity index (χ0v) is 19.6. The predicted octanol–water partition coefficient (Wildman–Crippen LogP) is 5.05. The van der Waals surface area contributed by atoms with Gasteiger partial charge in [-0.05, 0) is 52.0 Å². The van der Waals surface area contributed by atoms with Gasteiger partial charge in [0.05, 0.1) is 10.6 Å². The van der Waals surface area contributed by atoms with Gasteiger partial charge in [-0.3, -0.25) is 5.32 Å². The first-order valence-electron chi connectivity index (χ1n) is 9.80. The minimum atomic E-state index is -3.82. The zero-order chi connectivity index (χ0) is 23.1. The van der Waals surface area contributed by atoms with Crippen LogP contribution in [-0.4, -0.2) is 34.1 Å². The number of amides is 1. The standard InChI is InChI=1S/C22H22N4O4S2/c1-14-12-17-16(18-13-31-20(24-18)25-21(27)30-22(2,3)4)10-11-23-19(17)26(14)32(28,29)15-8-6-5-7-9-15/h5-13H,1-4H3,(H,24,25,27). The van der Waals surface area contributed by atoms with Crippen molar-refractivity contribution in [3.05, 3.63) is 59.7 Å². The normalized spacial score (nSPS) is 12.1. The third-order valence-electron chi connectivity index (χ3n) is 4.50. The number of pyridine rings is 1. The van der Waals surface area contributed by atoms with Gasteiger partial charge in [0.25, 0.3) is 10.0 Å². The smallest absolute Gasteiger partial charge is 0.413 e. The zero-order valence-electron chi connectivity index (χ0n) is 18.0. The van der Waals surface area contributed by atoms with E-state index in [1.807, 2.05) is 0 Å². The number of thiazole rings is 1. The van der Waals surface area contributed by atoms with Crippen LogP contribution in [0.4, 0.5) is 9.93 Å². The minimum Gasteiger partial charge on any atom is -0.444 e. The van der Waals surface area contributed by atoms with Crippen molar-refractivity contribution in [1.82, 2.24) is 13.9 Å². The van der Waals surface area contributed by atoms with Crippen LogP contribution >= 0.6 is 11.3 Å². The summed E-state index contributed by atoms with van der Waals surface area (Å²) in [6.07, 6.45) is 0.961. The van der Waals surface area contributed by atoms with Crippen molar-refractivity contribution in [3.8, 4) is 11.3 Å². The molecular formula is C22H22N4O4S2. The number of hydrogen-bond donors (Lipinski definition) is 1. The molecule has 8 nitrogen and oxygen atoms in total. The van der Waals surface area contributed by atoms with Crippen LogP contribution in [0.1, 0.15) is 26.5 Å². The van der Waals surface area contributed by atoms with Crippen LogP contribution in [0.5, 0.6) is 0 Å². The number of fused-ring (bicyclic) bond motifs is 1. The Morgan fingerprint density at radius 1 is 1.16 bits per heavy atom. The molecule has 0 bridgehead atoms. The molecule has 0 saturated carbocycles. The van der Waals surface area contributed by atoms with Crippen molar-refractivity contribution < 1.29 is 17.9 Å². The summed E-state index contributed by atoms with van der Waals surface area (Å²) in [5.74, 6) is 0.